The maximum atomic E-state index is 12.6. The Balaban J connectivity index is 0.00000264. The summed E-state index contributed by atoms with van der Waals surface area (Å²) in [7, 11) is -0.667. The van der Waals surface area contributed by atoms with Crippen LogP contribution in [0, 0.1) is 0 Å². The van der Waals surface area contributed by atoms with Gasteiger partial charge in [-0.15, -0.1) is 12.4 Å². The van der Waals surface area contributed by atoms with Crippen LogP contribution in [0.15, 0.2) is 21.5 Å². The molecule has 2 rings (SSSR count). The number of ether oxygens (including phenoxy) is 2. The minimum Gasteiger partial charge on any atom is -0.493 e. The molecule has 6 nitrogen and oxygen atoms in total. The van der Waals surface area contributed by atoms with Gasteiger partial charge >= 0.3 is 0 Å². The average Bonchev–Trinajstić information content (AvgIpc) is 2.48. The first-order valence-electron chi connectivity index (χ1n) is 7.07. The Hall–Kier alpha value is -0.540. The van der Waals surface area contributed by atoms with Crippen molar-refractivity contribution in [1.82, 2.24) is 4.72 Å². The lowest BCUT2D eigenvalue weighted by Crippen LogP contribution is -2.40. The first kappa shape index (κ1) is 20.5. The fourth-order valence-corrected chi connectivity index (χ4v) is 4.90. The summed E-state index contributed by atoms with van der Waals surface area (Å²) in [6.45, 7) is 0. The number of nitrogens with one attached hydrogen (secondary N) is 1. The average molecular weight is 430 g/mol. The molecule has 132 valence electrons. The van der Waals surface area contributed by atoms with E-state index >= 15 is 0 Å². The Labute approximate surface area is 151 Å². The fraction of sp³-hybridized carbons (Fsp3) is 0.571. The summed E-state index contributed by atoms with van der Waals surface area (Å²) in [6.07, 6.45) is 3.18. The van der Waals surface area contributed by atoms with E-state index in [0.717, 1.165) is 25.7 Å². The highest BCUT2D eigenvalue weighted by Gasteiger charge is 2.27. The molecule has 0 aromatic heterocycles. The quantitative estimate of drug-likeness (QED) is 0.750. The minimum absolute atomic E-state index is 0. The van der Waals surface area contributed by atoms with Crippen LogP contribution in [0.4, 0.5) is 0 Å². The second kappa shape index (κ2) is 8.53. The molecule has 0 bridgehead atoms. The van der Waals surface area contributed by atoms with Gasteiger partial charge in [0.25, 0.3) is 0 Å². The Morgan fingerprint density at radius 2 is 1.65 bits per heavy atom. The van der Waals surface area contributed by atoms with Gasteiger partial charge in [0.1, 0.15) is 4.90 Å². The van der Waals surface area contributed by atoms with Crippen LogP contribution in [0.5, 0.6) is 11.5 Å². The van der Waals surface area contributed by atoms with Gasteiger partial charge in [-0.2, -0.15) is 0 Å². The predicted molar refractivity (Wildman–Crippen MR) is 95.0 cm³/mol. The molecule has 1 saturated carbocycles. The van der Waals surface area contributed by atoms with Gasteiger partial charge in [-0.05, 0) is 47.7 Å². The van der Waals surface area contributed by atoms with E-state index in [9.17, 15) is 8.42 Å². The Kier molecular flexibility index (Phi) is 7.60. The van der Waals surface area contributed by atoms with Crippen molar-refractivity contribution in [3.63, 3.8) is 0 Å². The zero-order chi connectivity index (χ0) is 16.3. The summed E-state index contributed by atoms with van der Waals surface area (Å²) >= 11 is 3.29. The first-order chi connectivity index (χ1) is 10.4. The summed E-state index contributed by atoms with van der Waals surface area (Å²) in [5, 5.41) is 0. The molecule has 0 spiro atoms. The molecule has 9 heteroatoms. The van der Waals surface area contributed by atoms with Gasteiger partial charge in [-0.1, -0.05) is 0 Å². The summed E-state index contributed by atoms with van der Waals surface area (Å²) in [6, 6.07) is 3.14. The van der Waals surface area contributed by atoms with Gasteiger partial charge in [0.2, 0.25) is 10.0 Å². The van der Waals surface area contributed by atoms with E-state index in [1.165, 1.54) is 20.3 Å². The van der Waals surface area contributed by atoms with Crippen LogP contribution in [0.2, 0.25) is 0 Å². The number of nitrogens with two attached hydrogens (primary N) is 1. The highest BCUT2D eigenvalue weighted by molar-refractivity contribution is 9.10. The fourth-order valence-electron chi connectivity index (χ4n) is 2.56. The highest BCUT2D eigenvalue weighted by Crippen LogP contribution is 2.35. The molecule has 1 aliphatic rings. The van der Waals surface area contributed by atoms with Gasteiger partial charge in [0.15, 0.2) is 11.5 Å². The van der Waals surface area contributed by atoms with Gasteiger partial charge < -0.3 is 15.2 Å². The molecule has 1 fully saturated rings. The molecule has 1 aromatic carbocycles. The van der Waals surface area contributed by atoms with Gasteiger partial charge in [0.05, 0.1) is 14.2 Å². The van der Waals surface area contributed by atoms with E-state index < -0.39 is 10.0 Å². The van der Waals surface area contributed by atoms with Crippen LogP contribution in [-0.2, 0) is 10.0 Å². The predicted octanol–water partition coefficient (Wildman–Crippen LogP) is 2.44. The monoisotopic (exact) mass is 428 g/mol. The molecule has 3 N–H and O–H groups in total. The molecule has 0 aliphatic heterocycles. The number of rotatable bonds is 5. The van der Waals surface area contributed by atoms with Crippen LogP contribution in [-0.4, -0.2) is 34.7 Å². The van der Waals surface area contributed by atoms with Crippen LogP contribution in [0.3, 0.4) is 0 Å². The normalized spacial score (nSPS) is 21.4. The van der Waals surface area contributed by atoms with Crippen molar-refractivity contribution in [2.75, 3.05) is 14.2 Å². The third-order valence-electron chi connectivity index (χ3n) is 3.82. The highest BCUT2D eigenvalue weighted by atomic mass is 79.9. The van der Waals surface area contributed by atoms with Gasteiger partial charge in [0, 0.05) is 22.6 Å². The zero-order valence-electron chi connectivity index (χ0n) is 13.0. The lowest BCUT2D eigenvalue weighted by Gasteiger charge is -2.26. The number of sulfonamides is 1. The SMILES string of the molecule is COc1cc(Br)c(S(=O)(=O)NC2CCC(N)CC2)cc1OC.Cl. The van der Waals surface area contributed by atoms with Crippen molar-refractivity contribution in [3.05, 3.63) is 16.6 Å². The van der Waals surface area contributed by atoms with E-state index in [4.69, 9.17) is 15.2 Å². The van der Waals surface area contributed by atoms with Crippen molar-refractivity contribution < 1.29 is 17.9 Å². The summed E-state index contributed by atoms with van der Waals surface area (Å²) in [5.74, 6) is 0.841. The zero-order valence-corrected chi connectivity index (χ0v) is 16.3. The number of benzene rings is 1. The molecule has 0 heterocycles. The van der Waals surface area contributed by atoms with E-state index in [1.54, 1.807) is 6.07 Å². The van der Waals surface area contributed by atoms with Crippen molar-refractivity contribution >= 4 is 38.4 Å². The van der Waals surface area contributed by atoms with Gasteiger partial charge in [-0.3, -0.25) is 0 Å². The largest absolute Gasteiger partial charge is 0.493 e. The molecule has 23 heavy (non-hydrogen) atoms. The van der Waals surface area contributed by atoms with Crippen molar-refractivity contribution in [2.45, 2.75) is 42.7 Å². The molecule has 0 radical (unpaired) electrons. The van der Waals surface area contributed by atoms with Crippen molar-refractivity contribution in [3.8, 4) is 11.5 Å². The number of hydrogen-bond acceptors (Lipinski definition) is 5. The molecule has 0 atom stereocenters. The van der Waals surface area contributed by atoms with E-state index in [1.807, 2.05) is 0 Å². The standard InChI is InChI=1S/C14H21BrN2O4S.ClH/c1-20-12-7-11(15)14(8-13(12)21-2)22(18,19)17-10-5-3-9(16)4-6-10;/h7-10,17H,3-6,16H2,1-2H3;1H. The molecular formula is C14H22BrClN2O4S. The Bertz CT molecular complexity index is 634. The third-order valence-corrected chi connectivity index (χ3v) is 6.30. The maximum Gasteiger partial charge on any atom is 0.242 e. The van der Waals surface area contributed by atoms with Gasteiger partial charge in [-0.25, -0.2) is 13.1 Å². The van der Waals surface area contributed by atoms with Crippen molar-refractivity contribution in [1.29, 1.82) is 0 Å². The molecule has 0 unspecified atom stereocenters. The smallest absolute Gasteiger partial charge is 0.242 e. The van der Waals surface area contributed by atoms with Crippen LogP contribution in [0.1, 0.15) is 25.7 Å². The van der Waals surface area contributed by atoms with E-state index in [-0.39, 0.29) is 29.4 Å². The second-order valence-corrected chi connectivity index (χ2v) is 7.91. The first-order valence-corrected chi connectivity index (χ1v) is 9.34. The number of hydrogen-bond donors (Lipinski definition) is 2. The Morgan fingerprint density at radius 3 is 2.17 bits per heavy atom. The summed E-state index contributed by atoms with van der Waals surface area (Å²) in [5.41, 5.74) is 5.85. The summed E-state index contributed by atoms with van der Waals surface area (Å²) in [4.78, 5) is 0.139. The third kappa shape index (κ3) is 4.96. The summed E-state index contributed by atoms with van der Waals surface area (Å²) < 4.78 is 38.7. The lowest BCUT2D eigenvalue weighted by atomic mass is 9.93. The number of halogens is 2. The molecule has 0 amide bonds. The van der Waals surface area contributed by atoms with Crippen LogP contribution >= 0.6 is 28.3 Å². The topological polar surface area (TPSA) is 90.7 Å². The minimum atomic E-state index is -3.64. The van der Waals surface area contributed by atoms with E-state index in [0.29, 0.717) is 16.0 Å². The van der Waals surface area contributed by atoms with Crippen molar-refractivity contribution in [2.24, 2.45) is 5.73 Å². The number of methoxy groups -OCH3 is 2. The second-order valence-electron chi connectivity index (χ2n) is 5.37. The Morgan fingerprint density at radius 1 is 1.13 bits per heavy atom. The molecule has 0 saturated heterocycles. The van der Waals surface area contributed by atoms with Crippen LogP contribution < -0.4 is 19.9 Å². The van der Waals surface area contributed by atoms with E-state index in [2.05, 4.69) is 20.7 Å². The molecular weight excluding hydrogens is 408 g/mol. The molecule has 1 aromatic rings. The lowest BCUT2D eigenvalue weighted by molar-refractivity contribution is 0.353. The van der Waals surface area contributed by atoms with Crippen LogP contribution in [0.25, 0.3) is 0 Å². The maximum absolute atomic E-state index is 12.6. The molecule has 1 aliphatic carbocycles.